The number of esters is 1. The van der Waals surface area contributed by atoms with E-state index in [0.29, 0.717) is 48.4 Å². The zero-order valence-electron chi connectivity index (χ0n) is 22.6. The first-order valence-corrected chi connectivity index (χ1v) is 13.9. The van der Waals surface area contributed by atoms with Crippen molar-refractivity contribution in [2.45, 2.75) is 97.8 Å². The molecule has 0 atom stereocenters. The summed E-state index contributed by atoms with van der Waals surface area (Å²) in [4.78, 5) is 17.0. The number of hydrogen-bond acceptors (Lipinski definition) is 6. The Morgan fingerprint density at radius 3 is 1.61 bits per heavy atom. The SMILES string of the molecule is CCCCCCOc1cc(C(=O)Oc2ccncc2)cc(OCCCCCC)c1OCCCCCC. The highest BCUT2D eigenvalue weighted by Gasteiger charge is 2.20. The monoisotopic (exact) mass is 499 g/mol. The Labute approximate surface area is 217 Å². The summed E-state index contributed by atoms with van der Waals surface area (Å²) < 4.78 is 24.1. The van der Waals surface area contributed by atoms with E-state index >= 15 is 0 Å². The van der Waals surface area contributed by atoms with Gasteiger partial charge >= 0.3 is 5.97 Å². The lowest BCUT2D eigenvalue weighted by Crippen LogP contribution is -2.12. The largest absolute Gasteiger partial charge is 0.490 e. The third-order valence-corrected chi connectivity index (χ3v) is 5.87. The summed E-state index contributed by atoms with van der Waals surface area (Å²) in [6.45, 7) is 8.27. The number of hydrogen-bond donors (Lipinski definition) is 0. The van der Waals surface area contributed by atoms with E-state index in [1.165, 1.54) is 38.5 Å². The second-order valence-corrected chi connectivity index (χ2v) is 9.10. The molecule has 0 aliphatic rings. The number of nitrogens with zero attached hydrogens (tertiary/aromatic N) is 1. The third-order valence-electron chi connectivity index (χ3n) is 5.87. The Balaban J connectivity index is 2.25. The van der Waals surface area contributed by atoms with Gasteiger partial charge in [0, 0.05) is 12.4 Å². The first-order valence-electron chi connectivity index (χ1n) is 13.9. The molecule has 0 N–H and O–H groups in total. The van der Waals surface area contributed by atoms with Crippen LogP contribution in [0.25, 0.3) is 0 Å². The van der Waals surface area contributed by atoms with Gasteiger partial charge in [0.15, 0.2) is 11.5 Å². The minimum atomic E-state index is -0.470. The van der Waals surface area contributed by atoms with Gasteiger partial charge in [-0.1, -0.05) is 78.6 Å². The van der Waals surface area contributed by atoms with E-state index < -0.39 is 5.97 Å². The lowest BCUT2D eigenvalue weighted by Gasteiger charge is -2.19. The number of carbonyl (C=O) groups is 1. The molecule has 0 radical (unpaired) electrons. The summed E-state index contributed by atoms with van der Waals surface area (Å²) in [6, 6.07) is 6.74. The van der Waals surface area contributed by atoms with E-state index in [2.05, 4.69) is 25.8 Å². The highest BCUT2D eigenvalue weighted by molar-refractivity contribution is 5.92. The van der Waals surface area contributed by atoms with Gasteiger partial charge in [-0.15, -0.1) is 0 Å². The fraction of sp³-hybridized carbons (Fsp3) is 0.600. The van der Waals surface area contributed by atoms with Crippen LogP contribution in [0.1, 0.15) is 108 Å². The molecule has 0 bridgehead atoms. The van der Waals surface area contributed by atoms with E-state index in [4.69, 9.17) is 18.9 Å². The minimum absolute atomic E-state index is 0.372. The first-order chi connectivity index (χ1) is 17.7. The van der Waals surface area contributed by atoms with Crippen molar-refractivity contribution < 1.29 is 23.7 Å². The summed E-state index contributed by atoms with van der Waals surface area (Å²) in [5.74, 6) is 1.63. The van der Waals surface area contributed by atoms with E-state index in [-0.39, 0.29) is 0 Å². The predicted octanol–water partition coefficient (Wildman–Crippen LogP) is 8.18. The quantitative estimate of drug-likeness (QED) is 0.135. The van der Waals surface area contributed by atoms with Gasteiger partial charge in [0.1, 0.15) is 5.75 Å². The molecule has 0 fully saturated rings. The van der Waals surface area contributed by atoms with Gasteiger partial charge < -0.3 is 18.9 Å². The number of unbranched alkanes of at least 4 members (excludes halogenated alkanes) is 9. The summed E-state index contributed by atoms with van der Waals surface area (Å²) in [5.41, 5.74) is 0.372. The number of ether oxygens (including phenoxy) is 4. The Morgan fingerprint density at radius 2 is 1.14 bits per heavy atom. The van der Waals surface area contributed by atoms with Crippen LogP contribution in [0.5, 0.6) is 23.0 Å². The Kier molecular flexibility index (Phi) is 15.1. The summed E-state index contributed by atoms with van der Waals surface area (Å²) in [7, 11) is 0. The van der Waals surface area contributed by atoms with Crippen molar-refractivity contribution in [2.24, 2.45) is 0 Å². The van der Waals surface area contributed by atoms with Crippen LogP contribution in [-0.2, 0) is 0 Å². The smallest absolute Gasteiger partial charge is 0.343 e. The van der Waals surface area contributed by atoms with Crippen LogP contribution in [-0.4, -0.2) is 30.8 Å². The molecular formula is C30H45NO5. The lowest BCUT2D eigenvalue weighted by molar-refractivity contribution is 0.0733. The molecule has 200 valence electrons. The van der Waals surface area contributed by atoms with Crippen molar-refractivity contribution in [2.75, 3.05) is 19.8 Å². The van der Waals surface area contributed by atoms with Crippen LogP contribution in [0.4, 0.5) is 0 Å². The maximum Gasteiger partial charge on any atom is 0.343 e. The molecule has 2 rings (SSSR count). The van der Waals surface area contributed by atoms with Gasteiger partial charge in [-0.3, -0.25) is 4.98 Å². The van der Waals surface area contributed by atoms with E-state index in [9.17, 15) is 4.79 Å². The highest BCUT2D eigenvalue weighted by Crippen LogP contribution is 2.40. The molecule has 0 aliphatic heterocycles. The van der Waals surface area contributed by atoms with Gasteiger partial charge in [0.25, 0.3) is 0 Å². The maximum absolute atomic E-state index is 13.0. The van der Waals surface area contributed by atoms with Crippen LogP contribution in [0.15, 0.2) is 36.7 Å². The van der Waals surface area contributed by atoms with Crippen molar-refractivity contribution in [3.63, 3.8) is 0 Å². The van der Waals surface area contributed by atoms with E-state index in [1.807, 2.05) is 0 Å². The first kappa shape index (κ1) is 29.5. The molecule has 0 unspecified atom stereocenters. The number of aromatic nitrogens is 1. The summed E-state index contributed by atoms with van der Waals surface area (Å²) in [5, 5.41) is 0. The predicted molar refractivity (Wildman–Crippen MR) is 145 cm³/mol. The number of pyridine rings is 1. The van der Waals surface area contributed by atoms with Gasteiger partial charge in [0.05, 0.1) is 25.4 Å². The molecule has 36 heavy (non-hydrogen) atoms. The molecule has 1 aromatic carbocycles. The zero-order chi connectivity index (χ0) is 25.8. The van der Waals surface area contributed by atoms with Gasteiger partial charge in [-0.25, -0.2) is 4.79 Å². The molecule has 6 heteroatoms. The fourth-order valence-corrected chi connectivity index (χ4v) is 3.75. The van der Waals surface area contributed by atoms with E-state index in [0.717, 1.165) is 38.5 Å². The standard InChI is InChI=1S/C30H45NO5/c1-4-7-10-13-20-33-27-23-25(30(32)36-26-16-18-31-19-17-26)24-28(34-21-14-11-8-5-2)29(27)35-22-15-12-9-6-3/h16-19,23-24H,4-15,20-22H2,1-3H3. The van der Waals surface area contributed by atoms with Crippen molar-refractivity contribution in [3.8, 4) is 23.0 Å². The lowest BCUT2D eigenvalue weighted by atomic mass is 10.1. The maximum atomic E-state index is 13.0. The number of benzene rings is 1. The van der Waals surface area contributed by atoms with Gasteiger partial charge in [0.2, 0.25) is 5.75 Å². The second kappa shape index (κ2) is 18.5. The van der Waals surface area contributed by atoms with E-state index in [1.54, 1.807) is 36.7 Å². The van der Waals surface area contributed by atoms with Crippen molar-refractivity contribution in [1.82, 2.24) is 4.98 Å². The molecule has 0 amide bonds. The molecular weight excluding hydrogens is 454 g/mol. The zero-order valence-corrected chi connectivity index (χ0v) is 22.6. The van der Waals surface area contributed by atoms with Crippen LogP contribution >= 0.6 is 0 Å². The average Bonchev–Trinajstić information content (AvgIpc) is 2.89. The van der Waals surface area contributed by atoms with Crippen LogP contribution in [0.3, 0.4) is 0 Å². The molecule has 0 aliphatic carbocycles. The molecule has 0 saturated heterocycles. The normalized spacial score (nSPS) is 10.8. The molecule has 1 heterocycles. The topological polar surface area (TPSA) is 66.9 Å². The number of rotatable bonds is 20. The van der Waals surface area contributed by atoms with Crippen molar-refractivity contribution in [1.29, 1.82) is 0 Å². The van der Waals surface area contributed by atoms with Crippen LogP contribution in [0, 0.1) is 0 Å². The van der Waals surface area contributed by atoms with Gasteiger partial charge in [-0.05, 0) is 43.5 Å². The van der Waals surface area contributed by atoms with Crippen molar-refractivity contribution in [3.05, 3.63) is 42.2 Å². The molecule has 1 aromatic heterocycles. The average molecular weight is 500 g/mol. The summed E-state index contributed by atoms with van der Waals surface area (Å²) in [6.07, 6.45) is 16.4. The highest BCUT2D eigenvalue weighted by atomic mass is 16.5. The van der Waals surface area contributed by atoms with Crippen LogP contribution in [0.2, 0.25) is 0 Å². The summed E-state index contributed by atoms with van der Waals surface area (Å²) >= 11 is 0. The minimum Gasteiger partial charge on any atom is -0.490 e. The van der Waals surface area contributed by atoms with Crippen molar-refractivity contribution >= 4 is 5.97 Å². The third kappa shape index (κ3) is 11.3. The van der Waals surface area contributed by atoms with Gasteiger partial charge in [-0.2, -0.15) is 0 Å². The molecule has 2 aromatic rings. The molecule has 6 nitrogen and oxygen atoms in total. The molecule has 0 spiro atoms. The Hall–Kier alpha value is -2.76. The Bertz CT molecular complexity index is 821. The van der Waals surface area contributed by atoms with Crippen LogP contribution < -0.4 is 18.9 Å². The fourth-order valence-electron chi connectivity index (χ4n) is 3.75. The Morgan fingerprint density at radius 1 is 0.667 bits per heavy atom. The second-order valence-electron chi connectivity index (χ2n) is 9.10. The number of carbonyl (C=O) groups excluding carboxylic acids is 1. The molecule has 0 saturated carbocycles.